The van der Waals surface area contributed by atoms with Crippen LogP contribution in [-0.4, -0.2) is 43.6 Å². The molecule has 5 aromatic rings. The Balaban J connectivity index is 1.41. The van der Waals surface area contributed by atoms with E-state index in [1.54, 1.807) is 87.5 Å². The highest BCUT2D eigenvalue weighted by Gasteiger charge is 2.52. The lowest BCUT2D eigenvalue weighted by Gasteiger charge is -2.29. The summed E-state index contributed by atoms with van der Waals surface area (Å²) in [5.41, 5.74) is 0.653. The second kappa shape index (κ2) is 18.3. The Labute approximate surface area is 322 Å². The summed E-state index contributed by atoms with van der Waals surface area (Å²) in [6.45, 7) is 4.34. The van der Waals surface area contributed by atoms with E-state index in [1.165, 1.54) is 12.1 Å². The summed E-state index contributed by atoms with van der Waals surface area (Å²) in [4.78, 5) is 54.1. The van der Waals surface area contributed by atoms with Gasteiger partial charge in [0.05, 0.1) is 30.9 Å². The number of carbonyl (C=O) groups is 4. The number of hydrogen-bond donors (Lipinski definition) is 1. The lowest BCUT2D eigenvalue weighted by Crippen LogP contribution is -2.50. The van der Waals surface area contributed by atoms with Crippen LogP contribution in [0.5, 0.6) is 5.75 Å². The fourth-order valence-electron chi connectivity index (χ4n) is 5.94. The van der Waals surface area contributed by atoms with E-state index in [0.717, 1.165) is 23.3 Å². The van der Waals surface area contributed by atoms with Gasteiger partial charge in [-0.2, -0.15) is 13.2 Å². The van der Waals surface area contributed by atoms with Gasteiger partial charge in [0.15, 0.2) is 0 Å². The molecule has 0 saturated heterocycles. The second-order valence-corrected chi connectivity index (χ2v) is 12.7. The van der Waals surface area contributed by atoms with Crippen LogP contribution >= 0.6 is 0 Å². The Morgan fingerprint density at radius 1 is 0.661 bits per heavy atom. The molecule has 0 heterocycles. The average molecular weight is 768 g/mol. The summed E-state index contributed by atoms with van der Waals surface area (Å²) in [5, 5.41) is 2.84. The first-order valence-electron chi connectivity index (χ1n) is 17.8. The van der Waals surface area contributed by atoms with Gasteiger partial charge in [-0.05, 0) is 78.9 Å². The molecule has 0 bridgehead atoms. The van der Waals surface area contributed by atoms with E-state index >= 15 is 0 Å². The zero-order valence-corrected chi connectivity index (χ0v) is 31.0. The Bertz CT molecular complexity index is 2150. The predicted molar refractivity (Wildman–Crippen MR) is 203 cm³/mol. The number of alkyl halides is 3. The van der Waals surface area contributed by atoms with Crippen molar-refractivity contribution < 1.29 is 51.3 Å². The van der Waals surface area contributed by atoms with E-state index in [4.69, 9.17) is 18.9 Å². The van der Waals surface area contributed by atoms with E-state index in [0.29, 0.717) is 16.7 Å². The Morgan fingerprint density at radius 2 is 1.32 bits per heavy atom. The van der Waals surface area contributed by atoms with Crippen LogP contribution in [0.4, 0.5) is 18.9 Å². The van der Waals surface area contributed by atoms with Crippen molar-refractivity contribution in [2.75, 3.05) is 25.1 Å². The summed E-state index contributed by atoms with van der Waals surface area (Å²) in [6, 6.07) is 31.6. The molecule has 0 aliphatic heterocycles. The number of hydrogen-bond acceptors (Lipinski definition) is 8. The molecule has 5 rings (SSSR count). The first-order valence-corrected chi connectivity index (χ1v) is 17.8. The third-order valence-corrected chi connectivity index (χ3v) is 8.78. The molecule has 9 nitrogen and oxygen atoms in total. The van der Waals surface area contributed by atoms with Gasteiger partial charge in [-0.25, -0.2) is 0 Å². The van der Waals surface area contributed by atoms with Crippen molar-refractivity contribution in [3.8, 4) is 16.9 Å². The van der Waals surface area contributed by atoms with E-state index in [2.05, 4.69) is 5.32 Å². The molecule has 0 aliphatic carbocycles. The van der Waals surface area contributed by atoms with Crippen LogP contribution in [0.15, 0.2) is 121 Å². The molecule has 0 unspecified atom stereocenters. The largest absolute Gasteiger partial charge is 0.487 e. The number of aryl methyl sites for hydroxylation is 1. The monoisotopic (exact) mass is 767 g/mol. The number of halogens is 3. The maximum absolute atomic E-state index is 13.7. The molecule has 0 atom stereocenters. The fourth-order valence-corrected chi connectivity index (χ4v) is 5.94. The van der Waals surface area contributed by atoms with Gasteiger partial charge in [-0.1, -0.05) is 96.6 Å². The molecule has 1 amide bonds. The van der Waals surface area contributed by atoms with Crippen molar-refractivity contribution in [3.05, 3.63) is 155 Å². The molecule has 5 aromatic carbocycles. The fraction of sp³-hybridized carbons (Fsp3) is 0.227. The van der Waals surface area contributed by atoms with Gasteiger partial charge in [0.25, 0.3) is 5.91 Å². The standard InChI is InChI=1S/C44H40F3NO8/c1-4-53-41(51)43(42(52)54-5-2,34-15-11-12-29(3)24-34)28-56-39(49)26-31-18-23-37(38(25-31)55-27-30-13-7-6-8-14-30)48-40(50)36-17-10-9-16-35(36)32-19-21-33(22-20-32)44(45,46)47/h6-25H,4-5,26-28H2,1-3H3,(H,48,50). The quantitative estimate of drug-likeness (QED) is 0.0640. The molecule has 0 radical (unpaired) electrons. The smallest absolute Gasteiger partial charge is 0.416 e. The highest BCUT2D eigenvalue weighted by Crippen LogP contribution is 2.34. The number of anilines is 1. The number of ether oxygens (including phenoxy) is 4. The Kier molecular flexibility index (Phi) is 13.3. The molecule has 0 spiro atoms. The molecule has 0 aromatic heterocycles. The summed E-state index contributed by atoms with van der Waals surface area (Å²) >= 11 is 0. The lowest BCUT2D eigenvalue weighted by molar-refractivity contribution is -0.170. The topological polar surface area (TPSA) is 117 Å². The first-order chi connectivity index (χ1) is 26.8. The molecule has 0 saturated carbocycles. The van der Waals surface area contributed by atoms with E-state index in [9.17, 15) is 32.3 Å². The number of rotatable bonds is 15. The zero-order valence-electron chi connectivity index (χ0n) is 31.0. The number of nitrogens with one attached hydrogen (secondary N) is 1. The van der Waals surface area contributed by atoms with Gasteiger partial charge in [-0.3, -0.25) is 19.2 Å². The third kappa shape index (κ3) is 9.81. The van der Waals surface area contributed by atoms with Gasteiger partial charge in [0.2, 0.25) is 5.41 Å². The minimum Gasteiger partial charge on any atom is -0.487 e. The maximum Gasteiger partial charge on any atom is 0.416 e. The predicted octanol–water partition coefficient (Wildman–Crippen LogP) is 8.66. The summed E-state index contributed by atoms with van der Waals surface area (Å²) in [7, 11) is 0. The molecule has 0 aliphatic rings. The van der Waals surface area contributed by atoms with Crippen LogP contribution in [-0.2, 0) is 53.2 Å². The highest BCUT2D eigenvalue weighted by atomic mass is 19.4. The van der Waals surface area contributed by atoms with Crippen molar-refractivity contribution in [2.45, 2.75) is 45.4 Å². The van der Waals surface area contributed by atoms with Crippen molar-refractivity contribution in [1.29, 1.82) is 0 Å². The molecular formula is C44H40F3NO8. The first kappa shape index (κ1) is 40.7. The molecule has 12 heteroatoms. The van der Waals surface area contributed by atoms with Gasteiger partial charge in [0.1, 0.15) is 19.0 Å². The molecule has 0 fully saturated rings. The average Bonchev–Trinajstić information content (AvgIpc) is 3.18. The van der Waals surface area contributed by atoms with Crippen molar-refractivity contribution in [1.82, 2.24) is 0 Å². The van der Waals surface area contributed by atoms with Gasteiger partial charge in [-0.15, -0.1) is 0 Å². The van der Waals surface area contributed by atoms with Gasteiger partial charge in [0, 0.05) is 5.56 Å². The third-order valence-electron chi connectivity index (χ3n) is 8.78. The van der Waals surface area contributed by atoms with Gasteiger partial charge < -0.3 is 24.3 Å². The van der Waals surface area contributed by atoms with Gasteiger partial charge >= 0.3 is 24.1 Å². The SMILES string of the molecule is CCOC(=O)C(COC(=O)Cc1ccc(NC(=O)c2ccccc2-c2ccc(C(F)(F)F)cc2)c(OCc2ccccc2)c1)(C(=O)OCC)c1cccc(C)c1. The van der Waals surface area contributed by atoms with Crippen LogP contribution in [0.2, 0.25) is 0 Å². The number of amides is 1. The normalized spacial score (nSPS) is 11.3. The van der Waals surface area contributed by atoms with Crippen LogP contribution in [0.25, 0.3) is 11.1 Å². The van der Waals surface area contributed by atoms with Crippen molar-refractivity contribution in [2.24, 2.45) is 0 Å². The molecule has 56 heavy (non-hydrogen) atoms. The van der Waals surface area contributed by atoms with Crippen LogP contribution in [0, 0.1) is 6.92 Å². The number of esters is 3. The summed E-state index contributed by atoms with van der Waals surface area (Å²) < 4.78 is 62.0. The number of benzene rings is 5. The Hall–Kier alpha value is -6.43. The van der Waals surface area contributed by atoms with Crippen molar-refractivity contribution in [3.63, 3.8) is 0 Å². The molecular weight excluding hydrogens is 727 g/mol. The van der Waals surface area contributed by atoms with Crippen LogP contribution in [0.1, 0.15) is 52.0 Å². The van der Waals surface area contributed by atoms with E-state index < -0.39 is 47.6 Å². The summed E-state index contributed by atoms with van der Waals surface area (Å²) in [5.74, 6) is -2.96. The van der Waals surface area contributed by atoms with E-state index in [-0.39, 0.29) is 48.8 Å². The highest BCUT2D eigenvalue weighted by molar-refractivity contribution is 6.09. The molecule has 290 valence electrons. The maximum atomic E-state index is 13.7. The number of carbonyl (C=O) groups excluding carboxylic acids is 4. The van der Waals surface area contributed by atoms with Crippen molar-refractivity contribution >= 4 is 29.5 Å². The van der Waals surface area contributed by atoms with Crippen LogP contribution in [0.3, 0.4) is 0 Å². The van der Waals surface area contributed by atoms with Crippen LogP contribution < -0.4 is 10.1 Å². The second-order valence-electron chi connectivity index (χ2n) is 12.7. The lowest BCUT2D eigenvalue weighted by atomic mass is 9.80. The minimum atomic E-state index is -4.51. The molecule has 1 N–H and O–H groups in total. The zero-order chi connectivity index (χ0) is 40.3. The van der Waals surface area contributed by atoms with E-state index in [1.807, 2.05) is 30.3 Å². The minimum absolute atomic E-state index is 0.0327. The summed E-state index contributed by atoms with van der Waals surface area (Å²) in [6.07, 6.45) is -4.81. The Morgan fingerprint density at radius 3 is 1.96 bits per heavy atom.